The van der Waals surface area contributed by atoms with Crippen molar-refractivity contribution in [3.63, 3.8) is 0 Å². The number of hydrogen-bond acceptors (Lipinski definition) is 3. The smallest absolute Gasteiger partial charge is 0.146 e. The molecule has 0 radical (unpaired) electrons. The Kier molecular flexibility index (Phi) is 3.40. The fourth-order valence-corrected chi connectivity index (χ4v) is 2.51. The van der Waals surface area contributed by atoms with Crippen molar-refractivity contribution in [3.8, 4) is 5.75 Å². The van der Waals surface area contributed by atoms with Gasteiger partial charge in [-0.15, -0.1) is 11.6 Å². The Morgan fingerprint density at radius 2 is 2.25 bits per heavy atom. The van der Waals surface area contributed by atoms with Gasteiger partial charge in [0.15, 0.2) is 0 Å². The first kappa shape index (κ1) is 13.1. The molecule has 5 heteroatoms. The topological polar surface area (TPSA) is 40.2 Å². The molecule has 0 bridgehead atoms. The lowest BCUT2D eigenvalue weighted by atomic mass is 10.2. The van der Waals surface area contributed by atoms with Crippen LogP contribution in [0.4, 0.5) is 0 Å². The number of alkyl halides is 1. The van der Waals surface area contributed by atoms with Crippen molar-refractivity contribution in [1.82, 2.24) is 9.55 Å². The fourth-order valence-electron chi connectivity index (χ4n) is 2.34. The number of methoxy groups -OCH3 is 1. The summed E-state index contributed by atoms with van der Waals surface area (Å²) < 4.78 is 12.6. The van der Waals surface area contributed by atoms with Gasteiger partial charge in [-0.05, 0) is 25.1 Å². The van der Waals surface area contributed by atoms with Gasteiger partial charge in [0, 0.05) is 5.56 Å². The number of rotatable bonds is 4. The van der Waals surface area contributed by atoms with Gasteiger partial charge in [-0.1, -0.05) is 6.07 Å². The maximum Gasteiger partial charge on any atom is 0.146 e. The summed E-state index contributed by atoms with van der Waals surface area (Å²) >= 11 is 6.27. The summed E-state index contributed by atoms with van der Waals surface area (Å²) in [5, 5.41) is -0.181. The van der Waals surface area contributed by atoms with E-state index in [-0.39, 0.29) is 5.38 Å². The molecule has 4 nitrogen and oxygen atoms in total. The van der Waals surface area contributed by atoms with Crippen LogP contribution in [0.25, 0.3) is 11.0 Å². The number of ether oxygens (including phenoxy) is 1. The maximum absolute atomic E-state index is 6.27. The van der Waals surface area contributed by atoms with Gasteiger partial charge in [0.2, 0.25) is 0 Å². The largest absolute Gasteiger partial charge is 0.494 e. The quantitative estimate of drug-likeness (QED) is 0.682. The Hall–Kier alpha value is -1.94. The second-order valence-corrected chi connectivity index (χ2v) is 5.29. The van der Waals surface area contributed by atoms with E-state index < -0.39 is 0 Å². The predicted octanol–water partition coefficient (Wildman–Crippen LogP) is 3.99. The summed E-state index contributed by atoms with van der Waals surface area (Å²) in [5.74, 6) is 1.58. The summed E-state index contributed by atoms with van der Waals surface area (Å²) in [4.78, 5) is 4.64. The standard InChI is InChI=1S/C15H15ClN2O2/c1-10(16)15-17-14-12(4-3-5-13(14)19-2)18(15)8-11-6-7-20-9-11/h3-7,9-10H,8H2,1-2H3. The molecule has 20 heavy (non-hydrogen) atoms. The van der Waals surface area contributed by atoms with Gasteiger partial charge < -0.3 is 13.7 Å². The number of nitrogens with zero attached hydrogens (tertiary/aromatic N) is 2. The average molecular weight is 291 g/mol. The zero-order valence-electron chi connectivity index (χ0n) is 11.3. The maximum atomic E-state index is 6.27. The molecule has 0 aliphatic carbocycles. The molecule has 0 saturated carbocycles. The van der Waals surface area contributed by atoms with E-state index in [1.165, 1.54) is 0 Å². The van der Waals surface area contributed by atoms with Crippen LogP contribution in [-0.4, -0.2) is 16.7 Å². The highest BCUT2D eigenvalue weighted by molar-refractivity contribution is 6.20. The van der Waals surface area contributed by atoms with E-state index >= 15 is 0 Å². The van der Waals surface area contributed by atoms with Gasteiger partial charge in [-0.25, -0.2) is 4.98 Å². The lowest BCUT2D eigenvalue weighted by molar-refractivity contribution is 0.419. The highest BCUT2D eigenvalue weighted by Crippen LogP contribution is 2.30. The van der Waals surface area contributed by atoms with Gasteiger partial charge in [-0.3, -0.25) is 0 Å². The van der Waals surface area contributed by atoms with Crippen molar-refractivity contribution in [2.45, 2.75) is 18.8 Å². The molecule has 1 aromatic carbocycles. The summed E-state index contributed by atoms with van der Waals surface area (Å²) in [6.07, 6.45) is 3.40. The van der Waals surface area contributed by atoms with Crippen molar-refractivity contribution in [1.29, 1.82) is 0 Å². The molecule has 3 rings (SSSR count). The van der Waals surface area contributed by atoms with Crippen LogP contribution in [-0.2, 0) is 6.54 Å². The third-order valence-electron chi connectivity index (χ3n) is 3.27. The zero-order chi connectivity index (χ0) is 14.1. The van der Waals surface area contributed by atoms with Crippen molar-refractivity contribution in [2.75, 3.05) is 7.11 Å². The van der Waals surface area contributed by atoms with Gasteiger partial charge in [-0.2, -0.15) is 0 Å². The van der Waals surface area contributed by atoms with Gasteiger partial charge in [0.05, 0.1) is 37.1 Å². The van der Waals surface area contributed by atoms with Gasteiger partial charge in [0.25, 0.3) is 0 Å². The molecular formula is C15H15ClN2O2. The van der Waals surface area contributed by atoms with Crippen molar-refractivity contribution in [2.24, 2.45) is 0 Å². The highest BCUT2D eigenvalue weighted by Gasteiger charge is 2.17. The summed E-state index contributed by atoms with van der Waals surface area (Å²) in [5.41, 5.74) is 2.92. The predicted molar refractivity (Wildman–Crippen MR) is 78.4 cm³/mol. The van der Waals surface area contributed by atoms with E-state index in [1.807, 2.05) is 31.2 Å². The fraction of sp³-hybridized carbons (Fsp3) is 0.267. The van der Waals surface area contributed by atoms with Gasteiger partial charge in [0.1, 0.15) is 17.1 Å². The molecule has 3 aromatic rings. The lowest BCUT2D eigenvalue weighted by Gasteiger charge is -2.09. The van der Waals surface area contributed by atoms with E-state index in [2.05, 4.69) is 9.55 Å². The second-order valence-electron chi connectivity index (χ2n) is 4.63. The molecule has 0 spiro atoms. The minimum atomic E-state index is -0.181. The summed E-state index contributed by atoms with van der Waals surface area (Å²) in [6.45, 7) is 2.59. The first-order chi connectivity index (χ1) is 9.70. The Balaban J connectivity index is 2.19. The van der Waals surface area contributed by atoms with Crippen molar-refractivity contribution >= 4 is 22.6 Å². The molecule has 0 amide bonds. The highest BCUT2D eigenvalue weighted by atomic mass is 35.5. The molecular weight excluding hydrogens is 276 g/mol. The Morgan fingerprint density at radius 1 is 1.40 bits per heavy atom. The molecule has 0 aliphatic heterocycles. The zero-order valence-corrected chi connectivity index (χ0v) is 12.1. The van der Waals surface area contributed by atoms with Crippen LogP contribution in [0.15, 0.2) is 41.2 Å². The molecule has 104 valence electrons. The normalized spacial score (nSPS) is 12.8. The minimum Gasteiger partial charge on any atom is -0.494 e. The third kappa shape index (κ3) is 2.16. The summed E-state index contributed by atoms with van der Waals surface area (Å²) in [7, 11) is 1.65. The summed E-state index contributed by atoms with van der Waals surface area (Å²) in [6, 6.07) is 7.82. The number of aromatic nitrogens is 2. The average Bonchev–Trinajstić information content (AvgIpc) is 3.07. The van der Waals surface area contributed by atoms with E-state index in [1.54, 1.807) is 19.6 Å². The molecule has 2 heterocycles. The lowest BCUT2D eigenvalue weighted by Crippen LogP contribution is -2.05. The molecule has 0 N–H and O–H groups in total. The van der Waals surface area contributed by atoms with Crippen LogP contribution in [0.1, 0.15) is 23.7 Å². The molecule has 0 fully saturated rings. The minimum absolute atomic E-state index is 0.181. The van der Waals surface area contributed by atoms with E-state index in [9.17, 15) is 0 Å². The first-order valence-corrected chi connectivity index (χ1v) is 6.82. The van der Waals surface area contributed by atoms with Gasteiger partial charge >= 0.3 is 0 Å². The van der Waals surface area contributed by atoms with Crippen LogP contribution in [0, 0.1) is 0 Å². The number of furan rings is 1. The molecule has 1 atom stereocenters. The molecule has 2 aromatic heterocycles. The van der Waals surface area contributed by atoms with Crippen LogP contribution < -0.4 is 4.74 Å². The number of halogens is 1. The number of para-hydroxylation sites is 1. The monoisotopic (exact) mass is 290 g/mol. The van der Waals surface area contributed by atoms with E-state index in [0.29, 0.717) is 6.54 Å². The Labute approximate surface area is 121 Å². The number of fused-ring (bicyclic) bond motifs is 1. The number of imidazole rings is 1. The Bertz CT molecular complexity index is 717. The van der Waals surface area contributed by atoms with Crippen LogP contribution in [0.5, 0.6) is 5.75 Å². The third-order valence-corrected chi connectivity index (χ3v) is 3.46. The molecule has 0 aliphatic rings. The van der Waals surface area contributed by atoms with E-state index in [4.69, 9.17) is 20.8 Å². The number of hydrogen-bond donors (Lipinski definition) is 0. The second kappa shape index (κ2) is 5.21. The van der Waals surface area contributed by atoms with Crippen molar-refractivity contribution in [3.05, 3.63) is 48.2 Å². The van der Waals surface area contributed by atoms with E-state index in [0.717, 1.165) is 28.2 Å². The van der Waals surface area contributed by atoms with Crippen LogP contribution in [0.2, 0.25) is 0 Å². The first-order valence-electron chi connectivity index (χ1n) is 6.39. The number of benzene rings is 1. The van der Waals surface area contributed by atoms with Crippen LogP contribution in [0.3, 0.4) is 0 Å². The molecule has 0 saturated heterocycles. The SMILES string of the molecule is COc1cccc2c1nc(C(C)Cl)n2Cc1ccoc1. The molecule has 1 unspecified atom stereocenters. The Morgan fingerprint density at radius 3 is 2.90 bits per heavy atom. The van der Waals surface area contributed by atoms with Crippen LogP contribution >= 0.6 is 11.6 Å². The van der Waals surface area contributed by atoms with Crippen molar-refractivity contribution < 1.29 is 9.15 Å².